The Morgan fingerprint density at radius 2 is 2.11 bits per heavy atom. The number of para-hydroxylation sites is 1. The fourth-order valence-electron chi connectivity index (χ4n) is 1.46. The summed E-state index contributed by atoms with van der Waals surface area (Å²) >= 11 is 5.73. The van der Waals surface area contributed by atoms with E-state index in [1.54, 1.807) is 6.92 Å². The van der Waals surface area contributed by atoms with Crippen molar-refractivity contribution in [3.63, 3.8) is 0 Å². The second kappa shape index (κ2) is 5.48. The summed E-state index contributed by atoms with van der Waals surface area (Å²) in [6, 6.07) is 2.50. The molecule has 0 saturated carbocycles. The Bertz CT molecular complexity index is 448. The minimum absolute atomic E-state index is 0.107. The Kier molecular flexibility index (Phi) is 4.45. The molecule has 0 radical (unpaired) electrons. The number of benzene rings is 1. The summed E-state index contributed by atoms with van der Waals surface area (Å²) in [4.78, 5) is 11.0. The zero-order valence-electron chi connectivity index (χ0n) is 9.51. The smallest absolute Gasteiger partial charge is 0.372 e. The Morgan fingerprint density at radius 1 is 1.50 bits per heavy atom. The van der Waals surface area contributed by atoms with Crippen LogP contribution in [0.5, 0.6) is 0 Å². The van der Waals surface area contributed by atoms with Gasteiger partial charge in [-0.25, -0.2) is 0 Å². The number of nitrogens with two attached hydrogens (primary N) is 1. The van der Waals surface area contributed by atoms with Gasteiger partial charge in [0, 0.05) is 0 Å². The van der Waals surface area contributed by atoms with Crippen molar-refractivity contribution in [2.75, 3.05) is 5.32 Å². The van der Waals surface area contributed by atoms with Crippen molar-refractivity contribution in [3.8, 4) is 0 Å². The average molecular weight is 281 g/mol. The number of nitrogens with one attached hydrogen (secondary N) is 1. The van der Waals surface area contributed by atoms with Crippen molar-refractivity contribution in [1.82, 2.24) is 0 Å². The fourth-order valence-corrected chi connectivity index (χ4v) is 1.68. The van der Waals surface area contributed by atoms with Crippen LogP contribution in [-0.2, 0) is 11.0 Å². The summed E-state index contributed by atoms with van der Waals surface area (Å²) < 4.78 is 38.3. The van der Waals surface area contributed by atoms with E-state index in [-0.39, 0.29) is 17.1 Å². The van der Waals surface area contributed by atoms with Crippen LogP contribution in [0.15, 0.2) is 18.2 Å². The van der Waals surface area contributed by atoms with E-state index in [9.17, 15) is 18.0 Å². The monoisotopic (exact) mass is 280 g/mol. The molecule has 1 rings (SSSR count). The van der Waals surface area contributed by atoms with Crippen LogP contribution in [0, 0.1) is 0 Å². The van der Waals surface area contributed by atoms with Gasteiger partial charge >= 0.3 is 6.18 Å². The number of rotatable bonds is 4. The number of carbonyl (C=O) groups is 1. The number of carbonyl (C=O) groups excluding carboxylic acids is 1. The van der Waals surface area contributed by atoms with E-state index in [4.69, 9.17) is 17.3 Å². The van der Waals surface area contributed by atoms with Crippen LogP contribution >= 0.6 is 11.6 Å². The highest BCUT2D eigenvalue weighted by atomic mass is 35.5. The highest BCUT2D eigenvalue weighted by Gasteiger charge is 2.35. The van der Waals surface area contributed by atoms with Gasteiger partial charge in [-0.15, -0.1) is 0 Å². The maximum absolute atomic E-state index is 12.8. The second-order valence-electron chi connectivity index (χ2n) is 3.67. The summed E-state index contributed by atoms with van der Waals surface area (Å²) in [6.45, 7) is 1.63. The summed E-state index contributed by atoms with van der Waals surface area (Å²) in [6.07, 6.45) is -4.29. The third kappa shape index (κ3) is 3.29. The number of hydrogen-bond donors (Lipinski definition) is 2. The Morgan fingerprint density at radius 3 is 2.56 bits per heavy atom. The predicted molar refractivity (Wildman–Crippen MR) is 63.4 cm³/mol. The maximum Gasteiger partial charge on any atom is 0.418 e. The van der Waals surface area contributed by atoms with E-state index in [2.05, 4.69) is 5.32 Å². The molecule has 7 heteroatoms. The predicted octanol–water partition coefficient (Wildman–Crippen LogP) is 3.03. The van der Waals surface area contributed by atoms with E-state index >= 15 is 0 Å². The SMILES string of the molecule is CCC(Nc1c(Cl)cccc1C(F)(F)F)C(N)=O. The van der Waals surface area contributed by atoms with Gasteiger partial charge in [0.2, 0.25) is 5.91 Å². The minimum atomic E-state index is -4.55. The number of amides is 1. The lowest BCUT2D eigenvalue weighted by molar-refractivity contribution is -0.137. The molecule has 0 aliphatic rings. The van der Waals surface area contributed by atoms with Crippen molar-refractivity contribution in [2.24, 2.45) is 5.73 Å². The molecule has 0 aliphatic heterocycles. The fraction of sp³-hybridized carbons (Fsp3) is 0.364. The summed E-state index contributed by atoms with van der Waals surface area (Å²) in [5.74, 6) is -0.731. The molecule has 0 spiro atoms. The van der Waals surface area contributed by atoms with E-state index in [0.717, 1.165) is 6.07 Å². The van der Waals surface area contributed by atoms with Crippen molar-refractivity contribution in [1.29, 1.82) is 0 Å². The van der Waals surface area contributed by atoms with Crippen molar-refractivity contribution >= 4 is 23.2 Å². The van der Waals surface area contributed by atoms with E-state index in [1.165, 1.54) is 12.1 Å². The minimum Gasteiger partial charge on any atom is -0.372 e. The molecular formula is C11H12ClF3N2O. The number of halogens is 4. The van der Waals surface area contributed by atoms with Gasteiger partial charge in [-0.2, -0.15) is 13.2 Å². The molecule has 0 aliphatic carbocycles. The van der Waals surface area contributed by atoms with Crippen LogP contribution in [0.1, 0.15) is 18.9 Å². The largest absolute Gasteiger partial charge is 0.418 e. The molecule has 1 amide bonds. The molecular weight excluding hydrogens is 269 g/mol. The molecule has 0 aromatic heterocycles. The van der Waals surface area contributed by atoms with Gasteiger partial charge in [0.05, 0.1) is 16.3 Å². The molecule has 3 N–H and O–H groups in total. The van der Waals surface area contributed by atoms with Crippen LogP contribution in [-0.4, -0.2) is 11.9 Å². The molecule has 3 nitrogen and oxygen atoms in total. The first kappa shape index (κ1) is 14.6. The number of primary amides is 1. The van der Waals surface area contributed by atoms with Gasteiger partial charge in [0.1, 0.15) is 6.04 Å². The van der Waals surface area contributed by atoms with Crippen molar-refractivity contribution in [3.05, 3.63) is 28.8 Å². The molecule has 0 saturated heterocycles. The van der Waals surface area contributed by atoms with Crippen LogP contribution in [0.25, 0.3) is 0 Å². The average Bonchev–Trinajstić information content (AvgIpc) is 2.25. The molecule has 100 valence electrons. The molecule has 0 bridgehead atoms. The first-order valence-corrected chi connectivity index (χ1v) is 5.56. The highest BCUT2D eigenvalue weighted by Crippen LogP contribution is 2.38. The molecule has 1 aromatic carbocycles. The quantitative estimate of drug-likeness (QED) is 0.891. The topological polar surface area (TPSA) is 55.1 Å². The van der Waals surface area contributed by atoms with Crippen LogP contribution in [0.2, 0.25) is 5.02 Å². The first-order valence-electron chi connectivity index (χ1n) is 5.19. The molecule has 1 unspecified atom stereocenters. The zero-order chi connectivity index (χ0) is 13.9. The van der Waals surface area contributed by atoms with Crippen LogP contribution in [0.4, 0.5) is 18.9 Å². The first-order chi connectivity index (χ1) is 8.27. The molecule has 1 atom stereocenters. The third-order valence-corrected chi connectivity index (χ3v) is 2.70. The van der Waals surface area contributed by atoms with Crippen LogP contribution in [0.3, 0.4) is 0 Å². The van der Waals surface area contributed by atoms with E-state index < -0.39 is 23.7 Å². The van der Waals surface area contributed by atoms with E-state index in [1.807, 2.05) is 0 Å². The van der Waals surface area contributed by atoms with Gasteiger partial charge < -0.3 is 11.1 Å². The lowest BCUT2D eigenvalue weighted by Gasteiger charge is -2.20. The van der Waals surface area contributed by atoms with Gasteiger partial charge in [-0.3, -0.25) is 4.79 Å². The lowest BCUT2D eigenvalue weighted by atomic mass is 10.1. The summed E-state index contributed by atoms with van der Waals surface area (Å²) in [5.41, 5.74) is 3.83. The van der Waals surface area contributed by atoms with Crippen molar-refractivity contribution in [2.45, 2.75) is 25.6 Å². The standard InChI is InChI=1S/C11H12ClF3N2O/c1-2-8(10(16)18)17-9-6(11(13,14)15)4-3-5-7(9)12/h3-5,8,17H,2H2,1H3,(H2,16,18). The summed E-state index contributed by atoms with van der Waals surface area (Å²) in [7, 11) is 0. The van der Waals surface area contributed by atoms with Gasteiger partial charge in [0.15, 0.2) is 0 Å². The lowest BCUT2D eigenvalue weighted by Crippen LogP contribution is -2.35. The normalized spacial score (nSPS) is 13.2. The molecule has 18 heavy (non-hydrogen) atoms. The Hall–Kier alpha value is -1.43. The van der Waals surface area contributed by atoms with Gasteiger partial charge in [-0.05, 0) is 18.6 Å². The van der Waals surface area contributed by atoms with Gasteiger partial charge in [-0.1, -0.05) is 24.6 Å². The number of anilines is 1. The zero-order valence-corrected chi connectivity index (χ0v) is 10.3. The van der Waals surface area contributed by atoms with Gasteiger partial charge in [0.25, 0.3) is 0 Å². The van der Waals surface area contributed by atoms with Crippen LogP contribution < -0.4 is 11.1 Å². The molecule has 0 heterocycles. The van der Waals surface area contributed by atoms with E-state index in [0.29, 0.717) is 0 Å². The Balaban J connectivity index is 3.18. The Labute approximate surface area is 107 Å². The second-order valence-corrected chi connectivity index (χ2v) is 4.07. The molecule has 0 fully saturated rings. The molecule has 1 aromatic rings. The maximum atomic E-state index is 12.8. The third-order valence-electron chi connectivity index (χ3n) is 2.39. The highest BCUT2D eigenvalue weighted by molar-refractivity contribution is 6.33. The number of alkyl halides is 3. The van der Waals surface area contributed by atoms with Crippen molar-refractivity contribution < 1.29 is 18.0 Å². The number of hydrogen-bond acceptors (Lipinski definition) is 2. The summed E-state index contributed by atoms with van der Waals surface area (Å²) in [5, 5.41) is 2.34.